The molecule has 15 nitrogen and oxygen atoms in total. The van der Waals surface area contributed by atoms with E-state index < -0.39 is 11.9 Å². The third kappa shape index (κ3) is 21.4. The van der Waals surface area contributed by atoms with Gasteiger partial charge in [0.1, 0.15) is 19.0 Å². The van der Waals surface area contributed by atoms with Gasteiger partial charge >= 0.3 is 5.97 Å². The Hall–Kier alpha value is -3.40. The van der Waals surface area contributed by atoms with Crippen LogP contribution in [-0.4, -0.2) is 117 Å². The van der Waals surface area contributed by atoms with Gasteiger partial charge in [0, 0.05) is 51.3 Å². The number of carbonyl (C=O) groups is 5. The topological polar surface area (TPSA) is 207 Å². The van der Waals surface area contributed by atoms with E-state index in [9.17, 15) is 29.1 Å². The standard InChI is InChI=1S/C27H45N5O10/c1-21(33)29-8-10-39-12-14-42-19-26(36)31-9-11-40-13-15-41-18-25(35)30-7-3-2-4-22(27(37)38)16-24(34)6-5-23-17-28-20-32-23/h17,20,22H,2-16,18-19H2,1H3,(H,28,32)(H,29,33)(H,30,35)(H,31,36)(H,37,38)/t22-/m1/s1. The number of unbranched alkanes of at least 4 members (excludes halogenated alkanes) is 1. The number of nitrogens with one attached hydrogen (secondary N) is 4. The number of Topliss-reactive ketones (excluding diaryl/α,β-unsaturated/α-hetero) is 1. The Bertz CT molecular complexity index is 913. The van der Waals surface area contributed by atoms with Crippen LogP contribution in [0.5, 0.6) is 0 Å². The van der Waals surface area contributed by atoms with E-state index in [0.29, 0.717) is 58.5 Å². The summed E-state index contributed by atoms with van der Waals surface area (Å²) in [6.45, 7) is 4.01. The molecule has 1 rings (SSSR count). The summed E-state index contributed by atoms with van der Waals surface area (Å²) in [6, 6.07) is 0. The Balaban J connectivity index is 1.92. The Morgan fingerprint density at radius 1 is 0.833 bits per heavy atom. The molecule has 0 bridgehead atoms. The fraction of sp³-hybridized carbons (Fsp3) is 0.704. The number of imidazole rings is 1. The van der Waals surface area contributed by atoms with E-state index in [1.54, 1.807) is 6.20 Å². The average Bonchev–Trinajstić information content (AvgIpc) is 3.47. The number of amides is 3. The van der Waals surface area contributed by atoms with Crippen molar-refractivity contribution in [3.8, 4) is 0 Å². The fourth-order valence-corrected chi connectivity index (χ4v) is 3.56. The van der Waals surface area contributed by atoms with Crippen LogP contribution in [0.25, 0.3) is 0 Å². The smallest absolute Gasteiger partial charge is 0.306 e. The molecule has 0 aromatic carbocycles. The van der Waals surface area contributed by atoms with Crippen LogP contribution in [-0.2, 0) is 49.3 Å². The second kappa shape index (κ2) is 24.2. The lowest BCUT2D eigenvalue weighted by atomic mass is 9.94. The molecule has 0 saturated carbocycles. The number of ketones is 1. The minimum atomic E-state index is -0.990. The van der Waals surface area contributed by atoms with Gasteiger partial charge in [0.25, 0.3) is 0 Å². The maximum Gasteiger partial charge on any atom is 0.306 e. The number of nitrogens with zero attached hydrogens (tertiary/aromatic N) is 1. The van der Waals surface area contributed by atoms with E-state index >= 15 is 0 Å². The molecule has 238 valence electrons. The molecular formula is C27H45N5O10. The lowest BCUT2D eigenvalue weighted by Crippen LogP contribution is -2.31. The molecule has 0 aliphatic carbocycles. The number of aromatic amines is 1. The van der Waals surface area contributed by atoms with E-state index in [1.165, 1.54) is 13.3 Å². The number of hydrogen-bond donors (Lipinski definition) is 5. The van der Waals surface area contributed by atoms with Crippen molar-refractivity contribution in [3.05, 3.63) is 18.2 Å². The number of carbonyl (C=O) groups excluding carboxylic acids is 4. The molecule has 0 unspecified atom stereocenters. The van der Waals surface area contributed by atoms with Gasteiger partial charge in [0.15, 0.2) is 0 Å². The Morgan fingerprint density at radius 2 is 1.43 bits per heavy atom. The van der Waals surface area contributed by atoms with E-state index in [2.05, 4.69) is 25.9 Å². The van der Waals surface area contributed by atoms with Crippen molar-refractivity contribution in [1.29, 1.82) is 0 Å². The van der Waals surface area contributed by atoms with Gasteiger partial charge in [0.05, 0.1) is 51.9 Å². The number of H-pyrrole nitrogens is 1. The SMILES string of the molecule is CC(=O)NCCOCCOCC(=O)NCCOCCOCC(=O)NCCCC[C@H](CC(=O)CCc1cnc[nH]1)C(=O)O. The predicted molar refractivity (Wildman–Crippen MR) is 149 cm³/mol. The lowest BCUT2D eigenvalue weighted by Gasteiger charge is -2.12. The molecule has 3 amide bonds. The van der Waals surface area contributed by atoms with Crippen molar-refractivity contribution in [3.63, 3.8) is 0 Å². The molecule has 0 aliphatic rings. The Kier molecular flexibility index (Phi) is 21.1. The fourth-order valence-electron chi connectivity index (χ4n) is 3.56. The van der Waals surface area contributed by atoms with Crippen LogP contribution >= 0.6 is 0 Å². The minimum absolute atomic E-state index is 0.00773. The maximum atomic E-state index is 12.1. The zero-order chi connectivity index (χ0) is 30.8. The quantitative estimate of drug-likeness (QED) is 0.0823. The molecule has 15 heteroatoms. The van der Waals surface area contributed by atoms with Gasteiger partial charge in [-0.05, 0) is 19.3 Å². The van der Waals surface area contributed by atoms with Crippen molar-refractivity contribution in [2.45, 2.75) is 45.4 Å². The molecule has 0 radical (unpaired) electrons. The Labute approximate surface area is 245 Å². The molecule has 5 N–H and O–H groups in total. The maximum absolute atomic E-state index is 12.1. The van der Waals surface area contributed by atoms with Crippen molar-refractivity contribution >= 4 is 29.5 Å². The summed E-state index contributed by atoms with van der Waals surface area (Å²) in [5, 5.41) is 17.4. The second-order valence-electron chi connectivity index (χ2n) is 9.36. The van der Waals surface area contributed by atoms with Crippen LogP contribution in [0.2, 0.25) is 0 Å². The number of aromatic nitrogens is 2. The molecule has 1 atom stereocenters. The highest BCUT2D eigenvalue weighted by atomic mass is 16.5. The second-order valence-corrected chi connectivity index (χ2v) is 9.36. The van der Waals surface area contributed by atoms with E-state index in [0.717, 1.165) is 5.69 Å². The molecule has 0 aliphatic heterocycles. The van der Waals surface area contributed by atoms with Gasteiger partial charge in [-0.25, -0.2) is 4.98 Å². The molecule has 0 fully saturated rings. The van der Waals surface area contributed by atoms with Crippen molar-refractivity contribution in [2.24, 2.45) is 5.92 Å². The summed E-state index contributed by atoms with van der Waals surface area (Å²) in [7, 11) is 0. The summed E-state index contributed by atoms with van der Waals surface area (Å²) < 4.78 is 21.0. The molecule has 42 heavy (non-hydrogen) atoms. The summed E-state index contributed by atoms with van der Waals surface area (Å²) in [5.74, 6) is -2.52. The Morgan fingerprint density at radius 3 is 2.00 bits per heavy atom. The van der Waals surface area contributed by atoms with Crippen LogP contribution in [0, 0.1) is 5.92 Å². The van der Waals surface area contributed by atoms with Crippen LogP contribution < -0.4 is 16.0 Å². The number of aryl methyl sites for hydroxylation is 1. The first-order chi connectivity index (χ1) is 20.3. The van der Waals surface area contributed by atoms with E-state index in [4.69, 9.17) is 18.9 Å². The lowest BCUT2D eigenvalue weighted by molar-refractivity contribution is -0.144. The van der Waals surface area contributed by atoms with Crippen molar-refractivity contribution in [1.82, 2.24) is 25.9 Å². The van der Waals surface area contributed by atoms with Gasteiger partial charge in [0.2, 0.25) is 17.7 Å². The summed E-state index contributed by atoms with van der Waals surface area (Å²) in [6.07, 6.45) is 5.45. The number of ether oxygens (including phenoxy) is 4. The number of rotatable bonds is 27. The normalized spacial score (nSPS) is 11.5. The van der Waals surface area contributed by atoms with Crippen LogP contribution in [0.15, 0.2) is 12.5 Å². The van der Waals surface area contributed by atoms with Crippen molar-refractivity contribution in [2.75, 3.05) is 72.5 Å². The third-order valence-electron chi connectivity index (χ3n) is 5.75. The summed E-state index contributed by atoms with van der Waals surface area (Å²) in [4.78, 5) is 64.7. The number of carboxylic acids is 1. The summed E-state index contributed by atoms with van der Waals surface area (Å²) >= 11 is 0. The molecule has 1 aromatic heterocycles. The largest absolute Gasteiger partial charge is 0.481 e. The highest BCUT2D eigenvalue weighted by Crippen LogP contribution is 2.15. The molecule has 0 spiro atoms. The third-order valence-corrected chi connectivity index (χ3v) is 5.75. The first-order valence-electron chi connectivity index (χ1n) is 14.1. The van der Waals surface area contributed by atoms with Crippen LogP contribution in [0.4, 0.5) is 0 Å². The van der Waals surface area contributed by atoms with Crippen molar-refractivity contribution < 1.29 is 48.0 Å². The minimum Gasteiger partial charge on any atom is -0.481 e. The monoisotopic (exact) mass is 599 g/mol. The molecule has 1 heterocycles. The molecule has 0 saturated heterocycles. The zero-order valence-electron chi connectivity index (χ0n) is 24.3. The summed E-state index contributed by atoms with van der Waals surface area (Å²) in [5.41, 5.74) is 0.836. The van der Waals surface area contributed by atoms with E-state index in [-0.39, 0.29) is 76.0 Å². The van der Waals surface area contributed by atoms with Crippen LogP contribution in [0.3, 0.4) is 0 Å². The van der Waals surface area contributed by atoms with Gasteiger partial charge in [-0.3, -0.25) is 24.0 Å². The number of carboxylic acid groups (broad SMARTS) is 1. The van der Waals surface area contributed by atoms with Gasteiger partial charge in [-0.1, -0.05) is 6.42 Å². The van der Waals surface area contributed by atoms with Gasteiger partial charge in [-0.15, -0.1) is 0 Å². The highest BCUT2D eigenvalue weighted by molar-refractivity contribution is 5.84. The van der Waals surface area contributed by atoms with Gasteiger partial charge in [-0.2, -0.15) is 0 Å². The van der Waals surface area contributed by atoms with Gasteiger partial charge < -0.3 is 45.0 Å². The number of hydrogen-bond acceptors (Lipinski definition) is 10. The molecule has 1 aromatic rings. The predicted octanol–water partition coefficient (Wildman–Crippen LogP) is -0.392. The van der Waals surface area contributed by atoms with Crippen LogP contribution in [0.1, 0.15) is 44.7 Å². The molecular weight excluding hydrogens is 554 g/mol. The highest BCUT2D eigenvalue weighted by Gasteiger charge is 2.20. The average molecular weight is 600 g/mol. The van der Waals surface area contributed by atoms with E-state index in [1.807, 2.05) is 0 Å². The first-order valence-corrected chi connectivity index (χ1v) is 14.1. The number of aliphatic carboxylic acids is 1. The first kappa shape index (κ1) is 36.6. The zero-order valence-corrected chi connectivity index (χ0v) is 24.3.